The molecule has 1 saturated carbocycles. The van der Waals surface area contributed by atoms with Gasteiger partial charge < -0.3 is 15.4 Å². The lowest BCUT2D eigenvalue weighted by atomic mass is 9.89. The van der Waals surface area contributed by atoms with Gasteiger partial charge in [0.15, 0.2) is 0 Å². The van der Waals surface area contributed by atoms with Gasteiger partial charge in [0, 0.05) is 24.1 Å². The molecule has 0 bridgehead atoms. The lowest BCUT2D eigenvalue weighted by Gasteiger charge is -2.36. The van der Waals surface area contributed by atoms with E-state index >= 15 is 0 Å². The normalized spacial score (nSPS) is 22.2. The summed E-state index contributed by atoms with van der Waals surface area (Å²) < 4.78 is 5.33. The van der Waals surface area contributed by atoms with Crippen LogP contribution in [-0.2, 0) is 16.1 Å². The molecule has 1 aliphatic carbocycles. The summed E-state index contributed by atoms with van der Waals surface area (Å²) in [6.45, 7) is 1.90. The summed E-state index contributed by atoms with van der Waals surface area (Å²) in [7, 11) is 0. The highest BCUT2D eigenvalue weighted by atomic mass is 32.1. The molecule has 2 heterocycles. The largest absolute Gasteiger partial charge is 0.381 e. The Bertz CT molecular complexity index is 436. The molecule has 3 rings (SSSR count). The van der Waals surface area contributed by atoms with Crippen molar-refractivity contribution in [3.8, 4) is 0 Å². The summed E-state index contributed by atoms with van der Waals surface area (Å²) in [4.78, 5) is 16.0. The summed E-state index contributed by atoms with van der Waals surface area (Å²) in [6.07, 6.45) is 3.51. The Balaban J connectivity index is 1.74. The fraction of sp³-hybridized carbons (Fsp3) is 0.643. The van der Waals surface area contributed by atoms with Crippen molar-refractivity contribution in [2.24, 2.45) is 5.73 Å². The van der Waals surface area contributed by atoms with Crippen LogP contribution >= 0.6 is 11.3 Å². The molecule has 2 N–H and O–H groups in total. The third kappa shape index (κ3) is 2.83. The number of nitrogens with two attached hydrogens (primary N) is 1. The van der Waals surface area contributed by atoms with E-state index in [0.717, 1.165) is 12.8 Å². The van der Waals surface area contributed by atoms with Crippen LogP contribution in [-0.4, -0.2) is 35.6 Å². The predicted octanol–water partition coefficient (Wildman–Crippen LogP) is 1.75. The number of hydrogen-bond donors (Lipinski definition) is 1. The van der Waals surface area contributed by atoms with Crippen LogP contribution in [0, 0.1) is 0 Å². The summed E-state index contributed by atoms with van der Waals surface area (Å²) in [5, 5.41) is 2.05. The van der Waals surface area contributed by atoms with E-state index in [1.54, 1.807) is 11.3 Å². The molecule has 1 aromatic rings. The number of carbonyl (C=O) groups excluding carboxylic acids is 1. The molecule has 0 aromatic carbocycles. The molecule has 0 unspecified atom stereocenters. The van der Waals surface area contributed by atoms with Crippen molar-refractivity contribution in [3.05, 3.63) is 22.4 Å². The van der Waals surface area contributed by atoms with Crippen LogP contribution in [0.15, 0.2) is 17.5 Å². The second-order valence-electron chi connectivity index (χ2n) is 5.51. The Morgan fingerprint density at radius 1 is 1.47 bits per heavy atom. The third-order valence-corrected chi connectivity index (χ3v) is 4.83. The van der Waals surface area contributed by atoms with Crippen LogP contribution in [0.1, 0.15) is 30.6 Å². The Morgan fingerprint density at radius 2 is 2.21 bits per heavy atom. The minimum absolute atomic E-state index is 0.117. The second kappa shape index (κ2) is 5.23. The molecule has 1 saturated heterocycles. The quantitative estimate of drug-likeness (QED) is 0.914. The molecular weight excluding hydrogens is 260 g/mol. The highest BCUT2D eigenvalue weighted by Crippen LogP contribution is 2.32. The molecule has 4 nitrogen and oxygen atoms in total. The Morgan fingerprint density at radius 3 is 2.79 bits per heavy atom. The van der Waals surface area contributed by atoms with Crippen molar-refractivity contribution in [1.29, 1.82) is 0 Å². The number of carbonyl (C=O) groups is 1. The van der Waals surface area contributed by atoms with Gasteiger partial charge in [0.25, 0.3) is 0 Å². The molecule has 0 atom stereocenters. The van der Waals surface area contributed by atoms with E-state index in [0.29, 0.717) is 38.6 Å². The number of thiophene rings is 1. The van der Waals surface area contributed by atoms with Gasteiger partial charge >= 0.3 is 0 Å². The molecule has 1 aromatic heterocycles. The third-order valence-electron chi connectivity index (χ3n) is 3.97. The van der Waals surface area contributed by atoms with Crippen LogP contribution in [0.3, 0.4) is 0 Å². The second-order valence-corrected chi connectivity index (χ2v) is 6.54. The van der Waals surface area contributed by atoms with Gasteiger partial charge in [-0.15, -0.1) is 11.3 Å². The lowest BCUT2D eigenvalue weighted by Crippen LogP contribution is -2.58. The first-order chi connectivity index (χ1) is 9.19. The molecule has 2 aliphatic rings. The smallest absolute Gasteiger partial charge is 0.243 e. The van der Waals surface area contributed by atoms with E-state index < -0.39 is 5.54 Å². The van der Waals surface area contributed by atoms with Crippen LogP contribution in [0.4, 0.5) is 0 Å². The average Bonchev–Trinajstić information content (AvgIpc) is 3.13. The van der Waals surface area contributed by atoms with Gasteiger partial charge in [0.1, 0.15) is 0 Å². The molecule has 1 amide bonds. The molecule has 0 radical (unpaired) electrons. The van der Waals surface area contributed by atoms with Crippen molar-refractivity contribution >= 4 is 17.2 Å². The zero-order valence-corrected chi connectivity index (χ0v) is 11.8. The minimum atomic E-state index is -0.710. The molecule has 19 heavy (non-hydrogen) atoms. The first kappa shape index (κ1) is 13.1. The molecular formula is C14H20N2O2S. The Labute approximate surface area is 117 Å². The average molecular weight is 280 g/mol. The zero-order chi connectivity index (χ0) is 13.3. The highest BCUT2D eigenvalue weighted by Gasteiger charge is 2.43. The number of ether oxygens (including phenoxy) is 1. The van der Waals surface area contributed by atoms with Crippen LogP contribution < -0.4 is 5.73 Å². The fourth-order valence-electron chi connectivity index (χ4n) is 2.56. The number of rotatable bonds is 4. The summed E-state index contributed by atoms with van der Waals surface area (Å²) in [5.74, 6) is 0.117. The van der Waals surface area contributed by atoms with Crippen molar-refractivity contribution in [1.82, 2.24) is 4.90 Å². The highest BCUT2D eigenvalue weighted by molar-refractivity contribution is 7.09. The van der Waals surface area contributed by atoms with E-state index in [1.165, 1.54) is 4.88 Å². The maximum Gasteiger partial charge on any atom is 0.243 e. The van der Waals surface area contributed by atoms with Crippen molar-refractivity contribution in [3.63, 3.8) is 0 Å². The zero-order valence-electron chi connectivity index (χ0n) is 11.0. The monoisotopic (exact) mass is 280 g/mol. The lowest BCUT2D eigenvalue weighted by molar-refractivity contribution is -0.141. The van der Waals surface area contributed by atoms with Gasteiger partial charge in [-0.2, -0.15) is 0 Å². The van der Waals surface area contributed by atoms with Crippen LogP contribution in [0.2, 0.25) is 0 Å². The molecule has 104 valence electrons. The summed E-state index contributed by atoms with van der Waals surface area (Å²) >= 11 is 1.70. The van der Waals surface area contributed by atoms with Gasteiger partial charge in [-0.25, -0.2) is 0 Å². The van der Waals surface area contributed by atoms with Gasteiger partial charge in [0.2, 0.25) is 5.91 Å². The first-order valence-electron chi connectivity index (χ1n) is 6.89. The summed E-state index contributed by atoms with van der Waals surface area (Å²) in [5.41, 5.74) is 5.62. The van der Waals surface area contributed by atoms with Gasteiger partial charge in [-0.1, -0.05) is 6.07 Å². The standard InChI is InChI=1S/C14H20N2O2S/c15-14(5-7-18-8-6-14)13(17)16(11-3-4-11)10-12-2-1-9-19-12/h1-2,9,11H,3-8,10,15H2. The fourth-order valence-corrected chi connectivity index (χ4v) is 3.26. The summed E-state index contributed by atoms with van der Waals surface area (Å²) in [6, 6.07) is 4.51. The minimum Gasteiger partial charge on any atom is -0.381 e. The van der Waals surface area contributed by atoms with E-state index in [4.69, 9.17) is 10.5 Å². The Kier molecular flexibility index (Phi) is 3.60. The van der Waals surface area contributed by atoms with Gasteiger partial charge in [-0.05, 0) is 37.1 Å². The van der Waals surface area contributed by atoms with Gasteiger partial charge in [0.05, 0.1) is 12.1 Å². The SMILES string of the molecule is NC1(C(=O)N(Cc2cccs2)C2CC2)CCOCC1. The number of nitrogens with zero attached hydrogens (tertiary/aromatic N) is 1. The van der Waals surface area contributed by atoms with E-state index in [1.807, 2.05) is 11.0 Å². The Hall–Kier alpha value is -0.910. The molecule has 2 fully saturated rings. The van der Waals surface area contributed by atoms with E-state index in [2.05, 4.69) is 11.4 Å². The van der Waals surface area contributed by atoms with Crippen molar-refractivity contribution < 1.29 is 9.53 Å². The van der Waals surface area contributed by atoms with Crippen LogP contribution in [0.25, 0.3) is 0 Å². The maximum atomic E-state index is 12.8. The topological polar surface area (TPSA) is 55.6 Å². The van der Waals surface area contributed by atoms with E-state index in [9.17, 15) is 4.79 Å². The van der Waals surface area contributed by atoms with Gasteiger partial charge in [-0.3, -0.25) is 4.79 Å². The molecule has 0 spiro atoms. The van der Waals surface area contributed by atoms with Crippen molar-refractivity contribution in [2.75, 3.05) is 13.2 Å². The molecule has 5 heteroatoms. The van der Waals surface area contributed by atoms with E-state index in [-0.39, 0.29) is 5.91 Å². The maximum absolute atomic E-state index is 12.8. The molecule has 1 aliphatic heterocycles. The number of hydrogen-bond acceptors (Lipinski definition) is 4. The predicted molar refractivity (Wildman–Crippen MR) is 74.9 cm³/mol. The van der Waals surface area contributed by atoms with Crippen molar-refractivity contribution in [2.45, 2.75) is 43.8 Å². The first-order valence-corrected chi connectivity index (χ1v) is 7.77. The van der Waals surface area contributed by atoms with Crippen LogP contribution in [0.5, 0.6) is 0 Å². The number of amides is 1.